The van der Waals surface area contributed by atoms with Crippen LogP contribution in [0.5, 0.6) is 0 Å². The fourth-order valence-corrected chi connectivity index (χ4v) is 5.25. The first-order valence-electron chi connectivity index (χ1n) is 10.6. The monoisotopic (exact) mass is 431 g/mol. The molecule has 4 aromatic rings. The third-order valence-electron chi connectivity index (χ3n) is 5.77. The summed E-state index contributed by atoms with van der Waals surface area (Å²) in [7, 11) is 0. The highest BCUT2D eigenvalue weighted by Crippen LogP contribution is 2.38. The van der Waals surface area contributed by atoms with Gasteiger partial charge in [0.25, 0.3) is 0 Å². The maximum absolute atomic E-state index is 9.54. The van der Waals surface area contributed by atoms with Gasteiger partial charge >= 0.3 is 0 Å². The topological polar surface area (TPSA) is 83.0 Å². The Hall–Kier alpha value is -3.03. The molecule has 0 aliphatic heterocycles. The number of benzene rings is 2. The van der Waals surface area contributed by atoms with Crippen LogP contribution in [0.4, 0.5) is 17.5 Å². The molecule has 0 saturated heterocycles. The molecule has 0 amide bonds. The zero-order chi connectivity index (χ0) is 21.2. The molecule has 2 aromatic heterocycles. The fraction of sp³-hybridized carbons (Fsp3) is 0.292. The van der Waals surface area contributed by atoms with Crippen LogP contribution >= 0.6 is 11.3 Å². The van der Waals surface area contributed by atoms with E-state index in [1.807, 2.05) is 55.5 Å². The summed E-state index contributed by atoms with van der Waals surface area (Å²) in [4.78, 5) is 14.5. The van der Waals surface area contributed by atoms with E-state index in [1.54, 1.807) is 11.3 Å². The average Bonchev–Trinajstić information content (AvgIpc) is 3.40. The summed E-state index contributed by atoms with van der Waals surface area (Å²) in [6.07, 6.45) is 3.00. The van der Waals surface area contributed by atoms with Crippen molar-refractivity contribution in [1.82, 2.24) is 15.0 Å². The molecule has 5 rings (SSSR count). The van der Waals surface area contributed by atoms with Gasteiger partial charge in [-0.25, -0.2) is 9.97 Å². The molecule has 158 valence electrons. The van der Waals surface area contributed by atoms with Crippen molar-refractivity contribution in [2.45, 2.75) is 32.2 Å². The molecule has 2 atom stereocenters. The lowest BCUT2D eigenvalue weighted by atomic mass is 10.1. The smallest absolute Gasteiger partial charge is 0.229 e. The molecule has 0 spiro atoms. The number of hydrogen-bond donors (Lipinski definition) is 3. The lowest BCUT2D eigenvalue weighted by molar-refractivity contribution is 0.229. The lowest BCUT2D eigenvalue weighted by Gasteiger charge is -2.18. The minimum Gasteiger partial charge on any atom is -0.396 e. The Morgan fingerprint density at radius 3 is 2.58 bits per heavy atom. The number of fused-ring (bicyclic) bond motifs is 1. The molecule has 6 nitrogen and oxygen atoms in total. The Kier molecular flexibility index (Phi) is 5.53. The van der Waals surface area contributed by atoms with Crippen molar-refractivity contribution >= 4 is 39.0 Å². The molecular weight excluding hydrogens is 406 g/mol. The predicted molar refractivity (Wildman–Crippen MR) is 127 cm³/mol. The number of aromatic nitrogens is 3. The standard InChI is InChI=1S/C24H25N5OS/c1-15-21(23-28-19-9-5-6-10-20(19)31-23)22(26-18-12-11-16(13-18)14-30)29-24(25-15)27-17-7-3-2-4-8-17/h2-10,16,18,30H,11-14H2,1H3,(H2,25,26,27,29)/t16-,18+/m1/s1. The highest BCUT2D eigenvalue weighted by atomic mass is 32.1. The summed E-state index contributed by atoms with van der Waals surface area (Å²) in [5.41, 5.74) is 3.77. The second-order valence-corrected chi connectivity index (χ2v) is 9.07. The fourth-order valence-electron chi connectivity index (χ4n) is 4.18. The van der Waals surface area contributed by atoms with Gasteiger partial charge in [-0.2, -0.15) is 4.98 Å². The SMILES string of the molecule is Cc1nc(Nc2ccccc2)nc(N[C@H]2CC[C@@H](CO)C2)c1-c1nc2ccccc2s1. The van der Waals surface area contributed by atoms with Crippen molar-refractivity contribution in [1.29, 1.82) is 0 Å². The highest BCUT2D eigenvalue weighted by Gasteiger charge is 2.26. The number of aryl methyl sites for hydroxylation is 1. The van der Waals surface area contributed by atoms with Gasteiger partial charge in [0.2, 0.25) is 5.95 Å². The van der Waals surface area contributed by atoms with Crippen LogP contribution in [0.15, 0.2) is 54.6 Å². The van der Waals surface area contributed by atoms with E-state index in [4.69, 9.17) is 15.0 Å². The Morgan fingerprint density at radius 1 is 1.00 bits per heavy atom. The molecule has 1 fully saturated rings. The number of nitrogens with zero attached hydrogens (tertiary/aromatic N) is 3. The van der Waals surface area contributed by atoms with E-state index in [-0.39, 0.29) is 12.6 Å². The first-order chi connectivity index (χ1) is 15.2. The lowest BCUT2D eigenvalue weighted by Crippen LogP contribution is -2.19. The van der Waals surface area contributed by atoms with Crippen LogP contribution in [0, 0.1) is 12.8 Å². The first kappa shape index (κ1) is 19.9. The molecule has 3 N–H and O–H groups in total. The normalized spacial score (nSPS) is 18.4. The van der Waals surface area contributed by atoms with Crippen LogP contribution in [0.1, 0.15) is 25.0 Å². The molecule has 0 radical (unpaired) electrons. The van der Waals surface area contributed by atoms with E-state index in [9.17, 15) is 5.11 Å². The van der Waals surface area contributed by atoms with Crippen molar-refractivity contribution in [3.8, 4) is 10.6 Å². The zero-order valence-corrected chi connectivity index (χ0v) is 18.2. The van der Waals surface area contributed by atoms with Crippen molar-refractivity contribution in [3.63, 3.8) is 0 Å². The third kappa shape index (κ3) is 4.24. The summed E-state index contributed by atoms with van der Waals surface area (Å²) in [5.74, 6) is 1.72. The quantitative estimate of drug-likeness (QED) is 0.380. The van der Waals surface area contributed by atoms with Gasteiger partial charge in [0.15, 0.2) is 0 Å². The van der Waals surface area contributed by atoms with Crippen molar-refractivity contribution < 1.29 is 5.11 Å². The van der Waals surface area contributed by atoms with E-state index < -0.39 is 0 Å². The maximum atomic E-state index is 9.54. The number of thiazole rings is 1. The van der Waals surface area contributed by atoms with Crippen LogP contribution < -0.4 is 10.6 Å². The van der Waals surface area contributed by atoms with E-state index in [0.717, 1.165) is 57.2 Å². The van der Waals surface area contributed by atoms with E-state index >= 15 is 0 Å². The van der Waals surface area contributed by atoms with E-state index in [2.05, 4.69) is 16.7 Å². The zero-order valence-electron chi connectivity index (χ0n) is 17.4. The molecule has 2 heterocycles. The highest BCUT2D eigenvalue weighted by molar-refractivity contribution is 7.21. The summed E-state index contributed by atoms with van der Waals surface area (Å²) in [5, 5.41) is 17.4. The number of para-hydroxylation sites is 2. The molecule has 0 bridgehead atoms. The number of anilines is 3. The Morgan fingerprint density at radius 2 is 1.81 bits per heavy atom. The van der Waals surface area contributed by atoms with E-state index in [0.29, 0.717) is 11.9 Å². The average molecular weight is 432 g/mol. The number of nitrogens with one attached hydrogen (secondary N) is 2. The van der Waals surface area contributed by atoms with Crippen LogP contribution in [-0.2, 0) is 0 Å². The predicted octanol–water partition coefficient (Wildman–Crippen LogP) is 5.38. The van der Waals surface area contributed by atoms with Crippen LogP contribution in [0.3, 0.4) is 0 Å². The second kappa shape index (κ2) is 8.61. The van der Waals surface area contributed by atoms with Gasteiger partial charge in [-0.1, -0.05) is 30.3 Å². The van der Waals surface area contributed by atoms with Gasteiger partial charge < -0.3 is 15.7 Å². The summed E-state index contributed by atoms with van der Waals surface area (Å²) < 4.78 is 1.15. The van der Waals surface area contributed by atoms with Gasteiger partial charge in [0.05, 0.1) is 21.5 Å². The second-order valence-electron chi connectivity index (χ2n) is 8.04. The number of aliphatic hydroxyl groups excluding tert-OH is 1. The van der Waals surface area contributed by atoms with Gasteiger partial charge in [0.1, 0.15) is 10.8 Å². The third-order valence-corrected chi connectivity index (χ3v) is 6.82. The van der Waals surface area contributed by atoms with Crippen LogP contribution in [-0.4, -0.2) is 32.7 Å². The van der Waals surface area contributed by atoms with Gasteiger partial charge in [0, 0.05) is 18.3 Å². The Balaban J connectivity index is 1.55. The first-order valence-corrected chi connectivity index (χ1v) is 11.5. The molecule has 31 heavy (non-hydrogen) atoms. The van der Waals surface area contributed by atoms with Crippen molar-refractivity contribution in [2.75, 3.05) is 17.2 Å². The molecule has 1 aliphatic carbocycles. The van der Waals surface area contributed by atoms with E-state index in [1.165, 1.54) is 0 Å². The summed E-state index contributed by atoms with van der Waals surface area (Å²) >= 11 is 1.66. The minimum atomic E-state index is 0.243. The Labute approximate surface area is 185 Å². The maximum Gasteiger partial charge on any atom is 0.229 e. The Bertz CT molecular complexity index is 1160. The van der Waals surface area contributed by atoms with Gasteiger partial charge in [-0.3, -0.25) is 0 Å². The number of hydrogen-bond acceptors (Lipinski definition) is 7. The molecule has 7 heteroatoms. The van der Waals surface area contributed by atoms with Crippen molar-refractivity contribution in [2.24, 2.45) is 5.92 Å². The molecule has 2 aromatic carbocycles. The molecular formula is C24H25N5OS. The molecule has 0 unspecified atom stereocenters. The van der Waals surface area contributed by atoms with Crippen LogP contribution in [0.2, 0.25) is 0 Å². The van der Waals surface area contributed by atoms with Gasteiger partial charge in [-0.15, -0.1) is 11.3 Å². The molecule has 1 aliphatic rings. The summed E-state index contributed by atoms with van der Waals surface area (Å²) in [6, 6.07) is 18.4. The molecule has 1 saturated carbocycles. The largest absolute Gasteiger partial charge is 0.396 e. The van der Waals surface area contributed by atoms with Crippen LogP contribution in [0.25, 0.3) is 20.8 Å². The summed E-state index contributed by atoms with van der Waals surface area (Å²) in [6.45, 7) is 2.25. The number of aliphatic hydroxyl groups is 1. The minimum absolute atomic E-state index is 0.243. The van der Waals surface area contributed by atoms with Crippen molar-refractivity contribution in [3.05, 3.63) is 60.3 Å². The van der Waals surface area contributed by atoms with Gasteiger partial charge in [-0.05, 0) is 56.4 Å². The number of rotatable bonds is 6.